The van der Waals surface area contributed by atoms with E-state index in [-0.39, 0.29) is 23.5 Å². The van der Waals surface area contributed by atoms with Gasteiger partial charge in [-0.2, -0.15) is 5.10 Å². The maximum Gasteiger partial charge on any atom is 0.353 e. The molecule has 74 valence electrons. The lowest BCUT2D eigenvalue weighted by Crippen LogP contribution is -2.11. The molecule has 0 saturated heterocycles. The number of aromatic nitrogens is 2. The van der Waals surface area contributed by atoms with Crippen LogP contribution in [0.15, 0.2) is 6.07 Å². The Labute approximate surface area is 82.8 Å². The monoisotopic (exact) mass is 204 g/mol. The van der Waals surface area contributed by atoms with E-state index in [4.69, 9.17) is 5.11 Å². The van der Waals surface area contributed by atoms with Crippen molar-refractivity contribution in [3.8, 4) is 0 Å². The summed E-state index contributed by atoms with van der Waals surface area (Å²) >= 11 is 0. The molecular weight excluding hydrogens is 192 g/mol. The van der Waals surface area contributed by atoms with Gasteiger partial charge in [-0.15, -0.1) is 12.4 Å². The molecule has 0 saturated carbocycles. The number of carboxylic acid groups (broad SMARTS) is 1. The van der Waals surface area contributed by atoms with Crippen molar-refractivity contribution >= 4 is 18.4 Å². The average molecular weight is 205 g/mol. The van der Waals surface area contributed by atoms with Crippen molar-refractivity contribution in [2.45, 2.75) is 26.2 Å². The van der Waals surface area contributed by atoms with Crippen molar-refractivity contribution in [1.82, 2.24) is 10.2 Å². The minimum Gasteiger partial charge on any atom is -0.477 e. The van der Waals surface area contributed by atoms with Gasteiger partial charge in [-0.05, 0) is 6.07 Å². The van der Waals surface area contributed by atoms with Crippen LogP contribution >= 0.6 is 12.4 Å². The van der Waals surface area contributed by atoms with Gasteiger partial charge in [0.25, 0.3) is 0 Å². The highest BCUT2D eigenvalue weighted by Gasteiger charge is 2.18. The first-order chi connectivity index (χ1) is 5.41. The van der Waals surface area contributed by atoms with Crippen LogP contribution in [0.25, 0.3) is 0 Å². The Kier molecular flexibility index (Phi) is 3.49. The molecule has 0 fully saturated rings. The fourth-order valence-electron chi connectivity index (χ4n) is 0.815. The Morgan fingerprint density at radius 1 is 1.54 bits per heavy atom. The van der Waals surface area contributed by atoms with Gasteiger partial charge < -0.3 is 5.11 Å². The summed E-state index contributed by atoms with van der Waals surface area (Å²) in [6, 6.07) is 1.56. The number of nitrogens with zero attached hydrogens (tertiary/aromatic N) is 1. The predicted octanol–water partition coefficient (Wildman–Crippen LogP) is 1.83. The lowest BCUT2D eigenvalue weighted by molar-refractivity contribution is 0.0690. The van der Waals surface area contributed by atoms with E-state index < -0.39 is 5.97 Å². The van der Waals surface area contributed by atoms with Crippen molar-refractivity contribution in [3.63, 3.8) is 0 Å². The zero-order valence-electron chi connectivity index (χ0n) is 7.79. The molecule has 2 N–H and O–H groups in total. The number of hydrogen-bond donors (Lipinski definition) is 2. The summed E-state index contributed by atoms with van der Waals surface area (Å²) in [5.74, 6) is -0.974. The van der Waals surface area contributed by atoms with E-state index in [0.29, 0.717) is 0 Å². The number of H-pyrrole nitrogens is 1. The van der Waals surface area contributed by atoms with Gasteiger partial charge in [0.1, 0.15) is 5.69 Å². The van der Waals surface area contributed by atoms with Crippen LogP contribution in [0.5, 0.6) is 0 Å². The fourth-order valence-corrected chi connectivity index (χ4v) is 0.815. The van der Waals surface area contributed by atoms with Crippen molar-refractivity contribution in [2.24, 2.45) is 0 Å². The molecule has 0 amide bonds. The molecule has 1 aromatic rings. The van der Waals surface area contributed by atoms with Gasteiger partial charge in [0.15, 0.2) is 0 Å². The van der Waals surface area contributed by atoms with Crippen molar-refractivity contribution in [2.75, 3.05) is 0 Å². The lowest BCUT2D eigenvalue weighted by atomic mass is 9.92. The summed E-state index contributed by atoms with van der Waals surface area (Å²) in [5, 5.41) is 15.0. The SMILES string of the molecule is CC(C)(C)c1cc(C(=O)O)[nH]n1.Cl. The number of carboxylic acids is 1. The molecule has 0 radical (unpaired) electrons. The van der Waals surface area contributed by atoms with Crippen LogP contribution in [0, 0.1) is 0 Å². The van der Waals surface area contributed by atoms with Gasteiger partial charge in [0.2, 0.25) is 0 Å². The largest absolute Gasteiger partial charge is 0.477 e. The van der Waals surface area contributed by atoms with E-state index in [1.807, 2.05) is 20.8 Å². The third-order valence-corrected chi connectivity index (χ3v) is 1.58. The highest BCUT2D eigenvalue weighted by Crippen LogP contribution is 2.19. The van der Waals surface area contributed by atoms with Crippen LogP contribution in [0.2, 0.25) is 0 Å². The van der Waals surface area contributed by atoms with Crippen molar-refractivity contribution < 1.29 is 9.90 Å². The quantitative estimate of drug-likeness (QED) is 0.734. The minimum atomic E-state index is -0.974. The summed E-state index contributed by atoms with van der Waals surface area (Å²) < 4.78 is 0. The molecular formula is C8H13ClN2O2. The molecule has 13 heavy (non-hydrogen) atoms. The fraction of sp³-hybridized carbons (Fsp3) is 0.500. The first-order valence-electron chi connectivity index (χ1n) is 3.70. The van der Waals surface area contributed by atoms with E-state index in [1.165, 1.54) is 0 Å². The maximum absolute atomic E-state index is 10.5. The molecule has 0 atom stereocenters. The predicted molar refractivity (Wildman–Crippen MR) is 51.5 cm³/mol. The van der Waals surface area contributed by atoms with E-state index in [2.05, 4.69) is 10.2 Å². The van der Waals surface area contributed by atoms with Gasteiger partial charge >= 0.3 is 5.97 Å². The number of hydrogen-bond acceptors (Lipinski definition) is 2. The zero-order valence-corrected chi connectivity index (χ0v) is 8.60. The summed E-state index contributed by atoms with van der Waals surface area (Å²) in [5.41, 5.74) is 0.796. The lowest BCUT2D eigenvalue weighted by Gasteiger charge is -2.13. The molecule has 1 heterocycles. The summed E-state index contributed by atoms with van der Waals surface area (Å²) in [4.78, 5) is 10.5. The Bertz CT molecular complexity index is 301. The first-order valence-corrected chi connectivity index (χ1v) is 3.70. The second-order valence-corrected chi connectivity index (χ2v) is 3.72. The first kappa shape index (κ1) is 12.0. The molecule has 0 unspecified atom stereocenters. The highest BCUT2D eigenvalue weighted by molar-refractivity contribution is 5.85. The Morgan fingerprint density at radius 3 is 2.31 bits per heavy atom. The van der Waals surface area contributed by atoms with Gasteiger partial charge in [-0.25, -0.2) is 4.79 Å². The number of rotatable bonds is 1. The topological polar surface area (TPSA) is 66.0 Å². The van der Waals surface area contributed by atoms with E-state index in [9.17, 15) is 4.79 Å². The van der Waals surface area contributed by atoms with Crippen LogP contribution < -0.4 is 0 Å². The van der Waals surface area contributed by atoms with Gasteiger partial charge in [0, 0.05) is 5.41 Å². The highest BCUT2D eigenvalue weighted by atomic mass is 35.5. The molecule has 0 spiro atoms. The Morgan fingerprint density at radius 2 is 2.08 bits per heavy atom. The maximum atomic E-state index is 10.5. The van der Waals surface area contributed by atoms with E-state index in [0.717, 1.165) is 5.69 Å². The number of nitrogens with one attached hydrogen (secondary N) is 1. The zero-order chi connectivity index (χ0) is 9.35. The van der Waals surface area contributed by atoms with Crippen LogP contribution in [-0.4, -0.2) is 21.3 Å². The molecule has 1 aromatic heterocycles. The van der Waals surface area contributed by atoms with Crippen LogP contribution in [-0.2, 0) is 5.41 Å². The number of aromatic carboxylic acids is 1. The smallest absolute Gasteiger partial charge is 0.353 e. The van der Waals surface area contributed by atoms with Crippen LogP contribution in [0.4, 0.5) is 0 Å². The van der Waals surface area contributed by atoms with Crippen LogP contribution in [0.3, 0.4) is 0 Å². The van der Waals surface area contributed by atoms with E-state index in [1.54, 1.807) is 6.07 Å². The summed E-state index contributed by atoms with van der Waals surface area (Å²) in [6.07, 6.45) is 0. The van der Waals surface area contributed by atoms with Gasteiger partial charge in [-0.1, -0.05) is 20.8 Å². The standard InChI is InChI=1S/C8H12N2O2.ClH/c1-8(2,3)6-4-5(7(11)12)9-10-6;/h4H,1-3H3,(H,9,10)(H,11,12);1H. The molecule has 1 rings (SSSR count). The third kappa shape index (κ3) is 2.73. The van der Waals surface area contributed by atoms with Gasteiger partial charge in [0.05, 0.1) is 5.69 Å². The minimum absolute atomic E-state index is 0. The van der Waals surface area contributed by atoms with E-state index >= 15 is 0 Å². The molecule has 0 bridgehead atoms. The van der Waals surface area contributed by atoms with Crippen molar-refractivity contribution in [3.05, 3.63) is 17.5 Å². The van der Waals surface area contributed by atoms with Gasteiger partial charge in [-0.3, -0.25) is 5.10 Å². The molecule has 0 aliphatic carbocycles. The molecule has 4 nitrogen and oxygen atoms in total. The molecule has 0 aliphatic heterocycles. The molecule has 0 aliphatic rings. The third-order valence-electron chi connectivity index (χ3n) is 1.58. The second-order valence-electron chi connectivity index (χ2n) is 3.72. The normalized spacial score (nSPS) is 10.7. The Balaban J connectivity index is 0.00000144. The number of aromatic amines is 1. The summed E-state index contributed by atoms with van der Waals surface area (Å²) in [7, 11) is 0. The number of halogens is 1. The Hall–Kier alpha value is -1.03. The molecule has 5 heteroatoms. The second kappa shape index (κ2) is 3.79. The van der Waals surface area contributed by atoms with Crippen LogP contribution in [0.1, 0.15) is 37.0 Å². The van der Waals surface area contributed by atoms with Crippen molar-refractivity contribution in [1.29, 1.82) is 0 Å². The average Bonchev–Trinajstić information content (AvgIpc) is 2.30. The molecule has 0 aromatic carbocycles. The number of carbonyl (C=O) groups is 1. The summed E-state index contributed by atoms with van der Waals surface area (Å²) in [6.45, 7) is 5.94.